The maximum absolute atomic E-state index is 12.9. The van der Waals surface area contributed by atoms with Crippen molar-refractivity contribution < 1.29 is 8.78 Å². The minimum atomic E-state index is -2.62. The average Bonchev–Trinajstić information content (AvgIpc) is 3.24. The summed E-state index contributed by atoms with van der Waals surface area (Å²) in [6.45, 7) is 0. The molecule has 4 rings (SSSR count). The third-order valence-electron chi connectivity index (χ3n) is 4.13. The minimum Gasteiger partial charge on any atom is -0.358 e. The Morgan fingerprint density at radius 2 is 2.17 bits per heavy atom. The Hall–Kier alpha value is -2.57. The zero-order chi connectivity index (χ0) is 15.8. The van der Waals surface area contributed by atoms with E-state index in [1.54, 1.807) is 16.8 Å². The number of amidine groups is 1. The number of fused-ring (bicyclic) bond motifs is 1. The molecule has 1 aliphatic carbocycles. The van der Waals surface area contributed by atoms with E-state index in [0.29, 0.717) is 17.2 Å². The molecular weight excluding hydrogens is 300 g/mol. The van der Waals surface area contributed by atoms with Gasteiger partial charge in [0.2, 0.25) is 0 Å². The van der Waals surface area contributed by atoms with Crippen molar-refractivity contribution in [2.24, 2.45) is 4.99 Å². The van der Waals surface area contributed by atoms with Crippen LogP contribution in [0.1, 0.15) is 37.1 Å². The first-order chi connectivity index (χ1) is 11.2. The Labute approximate surface area is 131 Å². The van der Waals surface area contributed by atoms with Crippen LogP contribution in [0.3, 0.4) is 0 Å². The average molecular weight is 315 g/mol. The smallest absolute Gasteiger partial charge is 0.281 e. The van der Waals surface area contributed by atoms with Crippen molar-refractivity contribution in [3.8, 4) is 0 Å². The molecule has 2 aliphatic rings. The highest BCUT2D eigenvalue weighted by molar-refractivity contribution is 5.99. The largest absolute Gasteiger partial charge is 0.358 e. The molecule has 3 heterocycles. The molecule has 7 heteroatoms. The summed E-state index contributed by atoms with van der Waals surface area (Å²) in [5.41, 5.74) is 2.23. The van der Waals surface area contributed by atoms with Crippen LogP contribution in [0, 0.1) is 0 Å². The van der Waals surface area contributed by atoms with Crippen molar-refractivity contribution in [3.63, 3.8) is 0 Å². The summed E-state index contributed by atoms with van der Waals surface area (Å²) in [6, 6.07) is 0.104. The molecule has 0 bridgehead atoms. The SMILES string of the molecule is FC(F)c1cn2c(C3=NC=CC(C4=CCCC4)N3)cnc2cn1. The number of halogens is 2. The first-order valence-electron chi connectivity index (χ1n) is 7.54. The number of imidazole rings is 1. The third kappa shape index (κ3) is 2.52. The van der Waals surface area contributed by atoms with Crippen LogP contribution in [-0.4, -0.2) is 26.2 Å². The molecule has 0 saturated heterocycles. The van der Waals surface area contributed by atoms with Gasteiger partial charge >= 0.3 is 0 Å². The second kappa shape index (κ2) is 5.57. The molecule has 2 aromatic rings. The lowest BCUT2D eigenvalue weighted by molar-refractivity contribution is 0.145. The molecule has 1 atom stereocenters. The molecule has 2 aromatic heterocycles. The van der Waals surface area contributed by atoms with Crippen LogP contribution in [-0.2, 0) is 0 Å². The predicted molar refractivity (Wildman–Crippen MR) is 82.5 cm³/mol. The molecule has 5 nitrogen and oxygen atoms in total. The monoisotopic (exact) mass is 315 g/mol. The number of hydrogen-bond donors (Lipinski definition) is 1. The van der Waals surface area contributed by atoms with Gasteiger partial charge in [0.1, 0.15) is 11.4 Å². The lowest BCUT2D eigenvalue weighted by Crippen LogP contribution is -2.37. The number of nitrogens with one attached hydrogen (secondary N) is 1. The summed E-state index contributed by atoms with van der Waals surface area (Å²) < 4.78 is 27.4. The fraction of sp³-hybridized carbons (Fsp3) is 0.312. The highest BCUT2D eigenvalue weighted by Crippen LogP contribution is 2.23. The summed E-state index contributed by atoms with van der Waals surface area (Å²) >= 11 is 0. The first kappa shape index (κ1) is 14.0. The van der Waals surface area contributed by atoms with Crippen molar-refractivity contribution in [1.29, 1.82) is 0 Å². The Morgan fingerprint density at radius 1 is 1.26 bits per heavy atom. The highest BCUT2D eigenvalue weighted by atomic mass is 19.3. The van der Waals surface area contributed by atoms with Crippen LogP contribution in [0.5, 0.6) is 0 Å². The van der Waals surface area contributed by atoms with E-state index in [0.717, 1.165) is 12.8 Å². The molecule has 0 fully saturated rings. The molecule has 1 N–H and O–H groups in total. The Bertz CT molecular complexity index is 834. The van der Waals surface area contributed by atoms with Gasteiger partial charge in [-0.15, -0.1) is 0 Å². The van der Waals surface area contributed by atoms with E-state index in [1.807, 2.05) is 6.08 Å². The number of aliphatic imine (C=N–C) groups is 1. The van der Waals surface area contributed by atoms with E-state index in [1.165, 1.54) is 24.4 Å². The highest BCUT2D eigenvalue weighted by Gasteiger charge is 2.21. The van der Waals surface area contributed by atoms with Crippen molar-refractivity contribution in [1.82, 2.24) is 19.7 Å². The standard InChI is InChI=1S/C16H15F2N5/c17-15(18)12-9-23-13(7-21-14(23)8-20-12)16-19-6-5-11(22-16)10-3-1-2-4-10/h3,5-9,11,15H,1-2,4H2,(H,19,22). The van der Waals surface area contributed by atoms with Gasteiger partial charge in [-0.1, -0.05) is 6.08 Å². The number of hydrogen-bond acceptors (Lipinski definition) is 4. The molecular formula is C16H15F2N5. The molecule has 23 heavy (non-hydrogen) atoms. The molecule has 1 aliphatic heterocycles. The minimum absolute atomic E-state index is 0.104. The van der Waals surface area contributed by atoms with E-state index in [-0.39, 0.29) is 11.7 Å². The number of alkyl halides is 2. The second-order valence-corrected chi connectivity index (χ2v) is 5.60. The van der Waals surface area contributed by atoms with E-state index in [4.69, 9.17) is 0 Å². The number of nitrogens with zero attached hydrogens (tertiary/aromatic N) is 4. The summed E-state index contributed by atoms with van der Waals surface area (Å²) in [7, 11) is 0. The van der Waals surface area contributed by atoms with Crippen LogP contribution < -0.4 is 5.32 Å². The quantitative estimate of drug-likeness (QED) is 0.886. The number of rotatable bonds is 3. The summed E-state index contributed by atoms with van der Waals surface area (Å²) in [4.78, 5) is 12.3. The van der Waals surface area contributed by atoms with Gasteiger partial charge in [0.25, 0.3) is 6.43 Å². The molecule has 0 saturated carbocycles. The first-order valence-corrected chi connectivity index (χ1v) is 7.54. The molecule has 0 amide bonds. The topological polar surface area (TPSA) is 54.6 Å². The third-order valence-corrected chi connectivity index (χ3v) is 4.13. The van der Waals surface area contributed by atoms with Crippen molar-refractivity contribution >= 4 is 11.5 Å². The fourth-order valence-corrected chi connectivity index (χ4v) is 2.96. The zero-order valence-corrected chi connectivity index (χ0v) is 12.3. The molecule has 0 radical (unpaired) electrons. The summed E-state index contributed by atoms with van der Waals surface area (Å²) in [5, 5.41) is 3.36. The summed E-state index contributed by atoms with van der Waals surface area (Å²) in [6.07, 6.45) is 11.0. The molecule has 118 valence electrons. The van der Waals surface area contributed by atoms with Crippen LogP contribution in [0.25, 0.3) is 5.65 Å². The van der Waals surface area contributed by atoms with Gasteiger partial charge in [-0.25, -0.2) is 23.7 Å². The Balaban J connectivity index is 1.70. The van der Waals surface area contributed by atoms with Gasteiger partial charge in [0, 0.05) is 12.4 Å². The van der Waals surface area contributed by atoms with E-state index >= 15 is 0 Å². The van der Waals surface area contributed by atoms with Crippen LogP contribution in [0.15, 0.2) is 47.5 Å². The van der Waals surface area contributed by atoms with E-state index in [2.05, 4.69) is 26.4 Å². The van der Waals surface area contributed by atoms with Crippen LogP contribution in [0.2, 0.25) is 0 Å². The predicted octanol–water partition coefficient (Wildman–Crippen LogP) is 3.01. The van der Waals surface area contributed by atoms with Gasteiger partial charge in [-0.3, -0.25) is 4.40 Å². The van der Waals surface area contributed by atoms with Crippen LogP contribution >= 0.6 is 0 Å². The molecule has 0 spiro atoms. The van der Waals surface area contributed by atoms with Crippen molar-refractivity contribution in [2.45, 2.75) is 31.7 Å². The van der Waals surface area contributed by atoms with Gasteiger partial charge in [0.05, 0.1) is 18.4 Å². The lowest BCUT2D eigenvalue weighted by Gasteiger charge is -2.21. The van der Waals surface area contributed by atoms with Crippen molar-refractivity contribution in [3.05, 3.63) is 53.9 Å². The van der Waals surface area contributed by atoms with E-state index in [9.17, 15) is 8.78 Å². The maximum atomic E-state index is 12.9. The number of allylic oxidation sites excluding steroid dienone is 1. The lowest BCUT2D eigenvalue weighted by atomic mass is 10.1. The van der Waals surface area contributed by atoms with Gasteiger partial charge in [-0.05, 0) is 30.9 Å². The molecule has 0 aromatic carbocycles. The maximum Gasteiger partial charge on any atom is 0.281 e. The van der Waals surface area contributed by atoms with E-state index < -0.39 is 6.43 Å². The summed E-state index contributed by atoms with van der Waals surface area (Å²) in [5.74, 6) is 0.629. The van der Waals surface area contributed by atoms with Crippen LogP contribution in [0.4, 0.5) is 8.78 Å². The second-order valence-electron chi connectivity index (χ2n) is 5.60. The zero-order valence-electron chi connectivity index (χ0n) is 12.3. The van der Waals surface area contributed by atoms with Gasteiger partial charge in [0.15, 0.2) is 11.5 Å². The van der Waals surface area contributed by atoms with Gasteiger partial charge in [-0.2, -0.15) is 0 Å². The Morgan fingerprint density at radius 3 is 2.96 bits per heavy atom. The van der Waals surface area contributed by atoms with Gasteiger partial charge < -0.3 is 5.32 Å². The normalized spacial score (nSPS) is 20.7. The Kier molecular flexibility index (Phi) is 3.40. The fourth-order valence-electron chi connectivity index (χ4n) is 2.96. The molecule has 1 unspecified atom stereocenters. The van der Waals surface area contributed by atoms with Crippen molar-refractivity contribution in [2.75, 3.05) is 0 Å². The number of aromatic nitrogens is 3.